The first kappa shape index (κ1) is 17.3. The number of hydrogen-bond acceptors (Lipinski definition) is 7. The van der Waals surface area contributed by atoms with Gasteiger partial charge < -0.3 is 14.4 Å². The van der Waals surface area contributed by atoms with Crippen LogP contribution in [0.15, 0.2) is 29.6 Å². The molecule has 0 radical (unpaired) electrons. The van der Waals surface area contributed by atoms with Crippen molar-refractivity contribution in [2.24, 2.45) is 0 Å². The van der Waals surface area contributed by atoms with Gasteiger partial charge in [-0.25, -0.2) is 4.98 Å². The highest BCUT2D eigenvalue weighted by molar-refractivity contribution is 7.22. The van der Waals surface area contributed by atoms with E-state index in [-0.39, 0.29) is 12.7 Å². The molecule has 4 rings (SSSR count). The molecular formula is C18H19N3O3S2. The Labute approximate surface area is 159 Å². The summed E-state index contributed by atoms with van der Waals surface area (Å²) in [5.74, 6) is 1.44. The number of carbonyl (C=O) groups excluding carboxylic acids is 1. The van der Waals surface area contributed by atoms with Gasteiger partial charge in [-0.05, 0) is 38.5 Å². The van der Waals surface area contributed by atoms with Crippen LogP contribution in [-0.4, -0.2) is 49.8 Å². The summed E-state index contributed by atoms with van der Waals surface area (Å²) in [4.78, 5) is 22.3. The van der Waals surface area contributed by atoms with E-state index in [1.165, 1.54) is 22.7 Å². The SMILES string of the molecule is CN(C)CCCN(C(=O)c1cccs1)c1nc2cc3c(cc2s1)OCO3. The predicted octanol–water partition coefficient (Wildman–Crippen LogP) is 3.69. The van der Waals surface area contributed by atoms with Crippen molar-refractivity contribution < 1.29 is 14.3 Å². The molecule has 0 spiro atoms. The van der Waals surface area contributed by atoms with E-state index in [1.54, 1.807) is 4.90 Å². The maximum Gasteiger partial charge on any atom is 0.270 e. The van der Waals surface area contributed by atoms with Gasteiger partial charge in [0.05, 0.1) is 15.1 Å². The second-order valence-electron chi connectivity index (χ2n) is 6.26. The van der Waals surface area contributed by atoms with Gasteiger partial charge in [-0.15, -0.1) is 11.3 Å². The predicted molar refractivity (Wildman–Crippen MR) is 105 cm³/mol. The van der Waals surface area contributed by atoms with E-state index < -0.39 is 0 Å². The lowest BCUT2D eigenvalue weighted by molar-refractivity contribution is 0.0990. The van der Waals surface area contributed by atoms with E-state index in [9.17, 15) is 4.79 Å². The summed E-state index contributed by atoms with van der Waals surface area (Å²) in [6, 6.07) is 7.57. The summed E-state index contributed by atoms with van der Waals surface area (Å²) in [6.07, 6.45) is 0.878. The van der Waals surface area contributed by atoms with Gasteiger partial charge in [0.2, 0.25) is 6.79 Å². The average Bonchev–Trinajstić information content (AvgIpc) is 3.35. The molecule has 26 heavy (non-hydrogen) atoms. The fourth-order valence-corrected chi connectivity index (χ4v) is 4.46. The van der Waals surface area contributed by atoms with Gasteiger partial charge in [-0.1, -0.05) is 17.4 Å². The molecule has 1 aromatic carbocycles. The maximum absolute atomic E-state index is 13.0. The molecule has 6 nitrogen and oxygen atoms in total. The zero-order valence-corrected chi connectivity index (χ0v) is 16.2. The van der Waals surface area contributed by atoms with Crippen LogP contribution in [0, 0.1) is 0 Å². The number of carbonyl (C=O) groups is 1. The lowest BCUT2D eigenvalue weighted by atomic mass is 10.3. The number of fused-ring (bicyclic) bond motifs is 2. The van der Waals surface area contributed by atoms with Crippen LogP contribution in [0.25, 0.3) is 10.2 Å². The van der Waals surface area contributed by atoms with Crippen LogP contribution in [-0.2, 0) is 0 Å². The molecule has 3 aromatic rings. The number of benzene rings is 1. The van der Waals surface area contributed by atoms with Crippen molar-refractivity contribution in [3.05, 3.63) is 34.5 Å². The quantitative estimate of drug-likeness (QED) is 0.644. The van der Waals surface area contributed by atoms with Gasteiger partial charge in [-0.3, -0.25) is 9.69 Å². The number of amides is 1. The molecule has 0 unspecified atom stereocenters. The largest absolute Gasteiger partial charge is 0.454 e. The molecule has 3 heterocycles. The van der Waals surface area contributed by atoms with Gasteiger partial charge in [0.15, 0.2) is 16.6 Å². The Kier molecular flexibility index (Phi) is 4.80. The van der Waals surface area contributed by atoms with Crippen LogP contribution in [0.5, 0.6) is 11.5 Å². The maximum atomic E-state index is 13.0. The zero-order chi connectivity index (χ0) is 18.1. The van der Waals surface area contributed by atoms with Crippen LogP contribution < -0.4 is 14.4 Å². The molecule has 1 amide bonds. The van der Waals surface area contributed by atoms with Crippen molar-refractivity contribution in [2.45, 2.75) is 6.42 Å². The zero-order valence-electron chi connectivity index (χ0n) is 14.6. The number of nitrogens with zero attached hydrogens (tertiary/aromatic N) is 3. The third-order valence-electron chi connectivity index (χ3n) is 4.07. The third kappa shape index (κ3) is 3.40. The molecule has 1 aliphatic rings. The van der Waals surface area contributed by atoms with Gasteiger partial charge >= 0.3 is 0 Å². The lowest BCUT2D eigenvalue weighted by Gasteiger charge is -2.20. The monoisotopic (exact) mass is 389 g/mol. The number of ether oxygens (including phenoxy) is 2. The Hall–Kier alpha value is -2.16. The normalized spacial score (nSPS) is 12.9. The number of thiophene rings is 1. The first-order valence-corrected chi connectivity index (χ1v) is 10.0. The second-order valence-corrected chi connectivity index (χ2v) is 8.22. The number of aromatic nitrogens is 1. The van der Waals surface area contributed by atoms with Gasteiger partial charge in [0, 0.05) is 18.7 Å². The Morgan fingerprint density at radius 1 is 1.23 bits per heavy atom. The van der Waals surface area contributed by atoms with E-state index in [1.807, 2.05) is 43.7 Å². The van der Waals surface area contributed by atoms with Crippen LogP contribution in [0.1, 0.15) is 16.1 Å². The summed E-state index contributed by atoms with van der Waals surface area (Å²) in [6.45, 7) is 1.78. The molecule has 0 saturated heterocycles. The number of thiazole rings is 1. The van der Waals surface area contributed by atoms with E-state index in [0.717, 1.165) is 33.8 Å². The molecule has 8 heteroatoms. The Balaban J connectivity index is 1.66. The lowest BCUT2D eigenvalue weighted by Crippen LogP contribution is -2.32. The molecule has 0 bridgehead atoms. The smallest absolute Gasteiger partial charge is 0.270 e. The highest BCUT2D eigenvalue weighted by Gasteiger charge is 2.23. The average molecular weight is 390 g/mol. The van der Waals surface area contributed by atoms with E-state index in [2.05, 4.69) is 4.90 Å². The number of anilines is 1. The van der Waals surface area contributed by atoms with Gasteiger partial charge in [0.25, 0.3) is 5.91 Å². The minimum absolute atomic E-state index is 0.00199. The molecule has 0 atom stereocenters. The van der Waals surface area contributed by atoms with Gasteiger partial charge in [0.1, 0.15) is 0 Å². The summed E-state index contributed by atoms with van der Waals surface area (Å²) < 4.78 is 11.9. The van der Waals surface area contributed by atoms with Crippen LogP contribution in [0.4, 0.5) is 5.13 Å². The van der Waals surface area contributed by atoms with Crippen molar-refractivity contribution >= 4 is 43.9 Å². The molecular weight excluding hydrogens is 370 g/mol. The number of hydrogen-bond donors (Lipinski definition) is 0. The Morgan fingerprint density at radius 3 is 2.77 bits per heavy atom. The highest BCUT2D eigenvalue weighted by atomic mass is 32.1. The molecule has 0 fully saturated rings. The molecule has 0 N–H and O–H groups in total. The van der Waals surface area contributed by atoms with Crippen molar-refractivity contribution in [1.82, 2.24) is 9.88 Å². The standard InChI is InChI=1S/C18H19N3O3S2/c1-20(2)6-4-7-21(17(22)15-5-3-8-25-15)18-19-12-9-13-14(24-11-23-13)10-16(12)26-18/h3,5,8-10H,4,6-7,11H2,1-2H3. The summed E-state index contributed by atoms with van der Waals surface area (Å²) in [7, 11) is 4.06. The van der Waals surface area contributed by atoms with Crippen molar-refractivity contribution in [2.75, 3.05) is 38.9 Å². The molecule has 2 aromatic heterocycles. The molecule has 136 valence electrons. The Morgan fingerprint density at radius 2 is 2.04 bits per heavy atom. The van der Waals surface area contributed by atoms with Gasteiger partial charge in [-0.2, -0.15) is 0 Å². The molecule has 0 saturated carbocycles. The number of rotatable bonds is 6. The summed E-state index contributed by atoms with van der Waals surface area (Å²) in [5, 5.41) is 2.63. The van der Waals surface area contributed by atoms with Crippen LogP contribution >= 0.6 is 22.7 Å². The van der Waals surface area contributed by atoms with Crippen molar-refractivity contribution in [3.8, 4) is 11.5 Å². The fourth-order valence-electron chi connectivity index (χ4n) is 2.78. The van der Waals surface area contributed by atoms with Crippen LogP contribution in [0.2, 0.25) is 0 Å². The summed E-state index contributed by atoms with van der Waals surface area (Å²) in [5.41, 5.74) is 0.825. The van der Waals surface area contributed by atoms with E-state index >= 15 is 0 Å². The first-order chi connectivity index (χ1) is 12.6. The van der Waals surface area contributed by atoms with Crippen LogP contribution in [0.3, 0.4) is 0 Å². The second kappa shape index (κ2) is 7.22. The minimum atomic E-state index is -0.00199. The Bertz CT molecular complexity index is 880. The minimum Gasteiger partial charge on any atom is -0.454 e. The topological polar surface area (TPSA) is 54.9 Å². The highest BCUT2D eigenvalue weighted by Crippen LogP contribution is 2.40. The third-order valence-corrected chi connectivity index (χ3v) is 5.97. The van der Waals surface area contributed by atoms with E-state index in [4.69, 9.17) is 14.5 Å². The van der Waals surface area contributed by atoms with Crippen molar-refractivity contribution in [1.29, 1.82) is 0 Å². The summed E-state index contributed by atoms with van der Waals surface area (Å²) >= 11 is 2.96. The first-order valence-electron chi connectivity index (χ1n) is 8.32. The molecule has 0 aliphatic carbocycles. The van der Waals surface area contributed by atoms with Crippen molar-refractivity contribution in [3.63, 3.8) is 0 Å². The molecule has 1 aliphatic heterocycles. The van der Waals surface area contributed by atoms with E-state index in [0.29, 0.717) is 17.4 Å². The fraction of sp³-hybridized carbons (Fsp3) is 0.333.